The first-order chi connectivity index (χ1) is 9.53. The van der Waals surface area contributed by atoms with Gasteiger partial charge in [-0.2, -0.15) is 0 Å². The molecule has 2 rings (SSSR count). The lowest BCUT2D eigenvalue weighted by Gasteiger charge is -2.19. The molecule has 1 N–H and O–H groups in total. The van der Waals surface area contributed by atoms with Gasteiger partial charge in [0, 0.05) is 24.9 Å². The monoisotopic (exact) mass is 273 g/mol. The van der Waals surface area contributed by atoms with E-state index in [4.69, 9.17) is 4.42 Å². The molecule has 0 saturated carbocycles. The molecule has 0 fully saturated rings. The molecule has 0 bridgehead atoms. The van der Waals surface area contributed by atoms with Crippen LogP contribution in [0.2, 0.25) is 0 Å². The van der Waals surface area contributed by atoms with Gasteiger partial charge in [-0.3, -0.25) is 0 Å². The van der Waals surface area contributed by atoms with Crippen LogP contribution >= 0.6 is 0 Å². The van der Waals surface area contributed by atoms with Gasteiger partial charge >= 0.3 is 0 Å². The fourth-order valence-corrected chi connectivity index (χ4v) is 1.93. The maximum Gasteiger partial charge on any atom is 0.217 e. The number of aromatic nitrogens is 2. The second-order valence-corrected chi connectivity index (χ2v) is 6.00. The Labute approximate surface area is 120 Å². The SMILES string of the molecule is CC(C)(C)NCCc1nnc(CCc2ccccc2)o1. The van der Waals surface area contributed by atoms with Gasteiger partial charge in [0.05, 0.1) is 0 Å². The maximum absolute atomic E-state index is 5.66. The molecule has 108 valence electrons. The summed E-state index contributed by atoms with van der Waals surface area (Å²) in [6.45, 7) is 7.29. The highest BCUT2D eigenvalue weighted by Crippen LogP contribution is 2.07. The van der Waals surface area contributed by atoms with Crippen LogP contribution in [0.3, 0.4) is 0 Å². The molecule has 0 atom stereocenters. The van der Waals surface area contributed by atoms with Crippen LogP contribution in [0.1, 0.15) is 38.1 Å². The molecule has 0 aliphatic rings. The van der Waals surface area contributed by atoms with Gasteiger partial charge in [-0.15, -0.1) is 10.2 Å². The number of aryl methyl sites for hydroxylation is 2. The maximum atomic E-state index is 5.66. The van der Waals surface area contributed by atoms with Crippen molar-refractivity contribution in [2.75, 3.05) is 6.54 Å². The average molecular weight is 273 g/mol. The van der Waals surface area contributed by atoms with Crippen molar-refractivity contribution in [1.82, 2.24) is 15.5 Å². The lowest BCUT2D eigenvalue weighted by atomic mass is 10.1. The minimum absolute atomic E-state index is 0.121. The van der Waals surface area contributed by atoms with Crippen LogP contribution in [0, 0.1) is 0 Å². The summed E-state index contributed by atoms with van der Waals surface area (Å²) in [6, 6.07) is 10.4. The fraction of sp³-hybridized carbons (Fsp3) is 0.500. The molecule has 0 amide bonds. The Bertz CT molecular complexity index is 514. The number of benzene rings is 1. The molecule has 20 heavy (non-hydrogen) atoms. The molecule has 0 aliphatic heterocycles. The largest absolute Gasteiger partial charge is 0.425 e. The van der Waals surface area contributed by atoms with E-state index in [9.17, 15) is 0 Å². The Hall–Kier alpha value is -1.68. The van der Waals surface area contributed by atoms with E-state index in [0.29, 0.717) is 5.89 Å². The lowest BCUT2D eigenvalue weighted by Crippen LogP contribution is -2.37. The van der Waals surface area contributed by atoms with Gasteiger partial charge in [-0.05, 0) is 32.8 Å². The molecule has 4 nitrogen and oxygen atoms in total. The molecule has 0 radical (unpaired) electrons. The Balaban J connectivity index is 1.77. The van der Waals surface area contributed by atoms with Gasteiger partial charge < -0.3 is 9.73 Å². The first-order valence-corrected chi connectivity index (χ1v) is 7.13. The van der Waals surface area contributed by atoms with Gasteiger partial charge in [0.2, 0.25) is 11.8 Å². The molecular weight excluding hydrogens is 250 g/mol. The third-order valence-electron chi connectivity index (χ3n) is 2.97. The minimum Gasteiger partial charge on any atom is -0.425 e. The summed E-state index contributed by atoms with van der Waals surface area (Å²) in [5.74, 6) is 1.43. The van der Waals surface area contributed by atoms with Crippen LogP contribution in [0.4, 0.5) is 0 Å². The zero-order valence-corrected chi connectivity index (χ0v) is 12.5. The van der Waals surface area contributed by atoms with E-state index in [1.807, 2.05) is 18.2 Å². The highest BCUT2D eigenvalue weighted by atomic mass is 16.4. The van der Waals surface area contributed by atoms with E-state index in [2.05, 4.69) is 48.4 Å². The van der Waals surface area contributed by atoms with E-state index in [1.54, 1.807) is 0 Å². The van der Waals surface area contributed by atoms with Crippen LogP contribution in [-0.4, -0.2) is 22.3 Å². The van der Waals surface area contributed by atoms with Crippen molar-refractivity contribution in [2.24, 2.45) is 0 Å². The van der Waals surface area contributed by atoms with Gasteiger partial charge in [-0.1, -0.05) is 30.3 Å². The van der Waals surface area contributed by atoms with E-state index in [0.717, 1.165) is 31.7 Å². The standard InChI is InChI=1S/C16H23N3O/c1-16(2,3)17-12-11-15-19-18-14(20-15)10-9-13-7-5-4-6-8-13/h4-8,17H,9-12H2,1-3H3. The number of nitrogens with zero attached hydrogens (tertiary/aromatic N) is 2. The second-order valence-electron chi connectivity index (χ2n) is 6.00. The van der Waals surface area contributed by atoms with Crippen LogP contribution in [0.15, 0.2) is 34.7 Å². The highest BCUT2D eigenvalue weighted by molar-refractivity contribution is 5.15. The summed E-state index contributed by atoms with van der Waals surface area (Å²) in [6.07, 6.45) is 2.50. The second kappa shape index (κ2) is 6.66. The van der Waals surface area contributed by atoms with Crippen LogP contribution in [0.5, 0.6) is 0 Å². The Kier molecular flexibility index (Phi) is 4.90. The van der Waals surface area contributed by atoms with Gasteiger partial charge in [0.25, 0.3) is 0 Å². The normalized spacial score (nSPS) is 11.8. The molecule has 0 spiro atoms. The molecule has 1 aromatic carbocycles. The third-order valence-corrected chi connectivity index (χ3v) is 2.97. The molecular formula is C16H23N3O. The van der Waals surface area contributed by atoms with E-state index in [1.165, 1.54) is 5.56 Å². The van der Waals surface area contributed by atoms with Crippen molar-refractivity contribution in [3.05, 3.63) is 47.7 Å². The van der Waals surface area contributed by atoms with Crippen molar-refractivity contribution in [2.45, 2.75) is 45.6 Å². The van der Waals surface area contributed by atoms with E-state index >= 15 is 0 Å². The third kappa shape index (κ3) is 5.13. The average Bonchev–Trinajstić information content (AvgIpc) is 2.84. The van der Waals surface area contributed by atoms with Crippen molar-refractivity contribution in [3.63, 3.8) is 0 Å². The van der Waals surface area contributed by atoms with Crippen LogP contribution < -0.4 is 5.32 Å². The summed E-state index contributed by atoms with van der Waals surface area (Å²) < 4.78 is 5.66. The van der Waals surface area contributed by atoms with E-state index < -0.39 is 0 Å². The van der Waals surface area contributed by atoms with E-state index in [-0.39, 0.29) is 5.54 Å². The topological polar surface area (TPSA) is 51.0 Å². The molecule has 4 heteroatoms. The number of rotatable bonds is 6. The highest BCUT2D eigenvalue weighted by Gasteiger charge is 2.10. The first kappa shape index (κ1) is 14.7. The lowest BCUT2D eigenvalue weighted by molar-refractivity contribution is 0.401. The Morgan fingerprint density at radius 2 is 1.60 bits per heavy atom. The van der Waals surface area contributed by atoms with Crippen LogP contribution in [0.25, 0.3) is 0 Å². The van der Waals surface area contributed by atoms with Crippen LogP contribution in [-0.2, 0) is 19.3 Å². The van der Waals surface area contributed by atoms with Crippen molar-refractivity contribution < 1.29 is 4.42 Å². The summed E-state index contributed by atoms with van der Waals surface area (Å²) in [4.78, 5) is 0. The summed E-state index contributed by atoms with van der Waals surface area (Å²) in [5.41, 5.74) is 1.41. The van der Waals surface area contributed by atoms with Crippen molar-refractivity contribution >= 4 is 0 Å². The Morgan fingerprint density at radius 1 is 0.950 bits per heavy atom. The zero-order chi connectivity index (χ0) is 14.4. The summed E-state index contributed by atoms with van der Waals surface area (Å²) >= 11 is 0. The number of hydrogen-bond donors (Lipinski definition) is 1. The number of nitrogens with one attached hydrogen (secondary N) is 1. The molecule has 0 unspecified atom stereocenters. The van der Waals surface area contributed by atoms with Gasteiger partial charge in [0.15, 0.2) is 0 Å². The summed E-state index contributed by atoms with van der Waals surface area (Å²) in [7, 11) is 0. The molecule has 1 aromatic heterocycles. The fourth-order valence-electron chi connectivity index (χ4n) is 1.93. The Morgan fingerprint density at radius 3 is 2.25 bits per heavy atom. The summed E-state index contributed by atoms with van der Waals surface area (Å²) in [5, 5.41) is 11.6. The predicted octanol–water partition coefficient (Wildman–Crippen LogP) is 2.79. The molecule has 0 saturated heterocycles. The molecule has 0 aliphatic carbocycles. The van der Waals surface area contributed by atoms with Crippen molar-refractivity contribution in [3.8, 4) is 0 Å². The van der Waals surface area contributed by atoms with Gasteiger partial charge in [0.1, 0.15) is 0 Å². The molecule has 2 aromatic rings. The number of hydrogen-bond acceptors (Lipinski definition) is 4. The first-order valence-electron chi connectivity index (χ1n) is 7.13. The predicted molar refractivity (Wildman–Crippen MR) is 79.6 cm³/mol. The zero-order valence-electron chi connectivity index (χ0n) is 12.5. The van der Waals surface area contributed by atoms with Gasteiger partial charge in [-0.25, -0.2) is 0 Å². The quantitative estimate of drug-likeness (QED) is 0.879. The minimum atomic E-state index is 0.121. The van der Waals surface area contributed by atoms with Crippen molar-refractivity contribution in [1.29, 1.82) is 0 Å². The molecule has 1 heterocycles. The smallest absolute Gasteiger partial charge is 0.217 e.